The summed E-state index contributed by atoms with van der Waals surface area (Å²) >= 11 is 3.42. The zero-order chi connectivity index (χ0) is 23.6. The van der Waals surface area contributed by atoms with Crippen LogP contribution in [-0.4, -0.2) is 31.8 Å². The topological polar surface area (TPSA) is 71.1 Å². The fraction of sp³-hybridized carbons (Fsp3) is 0.231. The number of esters is 2. The lowest BCUT2D eigenvalue weighted by molar-refractivity contribution is 0.0450. The summed E-state index contributed by atoms with van der Waals surface area (Å²) in [4.78, 5) is 24.6. The number of carbonyl (C=O) groups is 2. The first kappa shape index (κ1) is 24.3. The minimum Gasteiger partial charge on any atom is -0.492 e. The third kappa shape index (κ3) is 7.64. The van der Waals surface area contributed by atoms with E-state index in [1.165, 1.54) is 0 Å². The number of ether oxygens (including phenoxy) is 4. The van der Waals surface area contributed by atoms with Gasteiger partial charge in [-0.3, -0.25) is 0 Å². The van der Waals surface area contributed by atoms with Crippen molar-refractivity contribution in [1.82, 2.24) is 0 Å². The maximum absolute atomic E-state index is 12.5. The number of carbonyl (C=O) groups excluding carboxylic acids is 2. The molecule has 0 radical (unpaired) electrons. The first-order valence-corrected chi connectivity index (χ1v) is 11.3. The van der Waals surface area contributed by atoms with Gasteiger partial charge in [0.25, 0.3) is 0 Å². The van der Waals surface area contributed by atoms with E-state index in [0.717, 1.165) is 0 Å². The number of benzene rings is 3. The Bertz CT molecular complexity index is 1060. The summed E-state index contributed by atoms with van der Waals surface area (Å²) in [5.41, 5.74) is 0.726. The van der Waals surface area contributed by atoms with Gasteiger partial charge in [0.1, 0.15) is 30.5 Å². The van der Waals surface area contributed by atoms with Crippen molar-refractivity contribution in [2.45, 2.75) is 13.8 Å². The van der Waals surface area contributed by atoms with Crippen molar-refractivity contribution in [3.63, 3.8) is 0 Å². The molecule has 0 bridgehead atoms. The minimum atomic E-state index is -0.514. The fourth-order valence-electron chi connectivity index (χ4n) is 2.72. The zero-order valence-electron chi connectivity index (χ0n) is 18.5. The third-order valence-corrected chi connectivity index (χ3v) is 4.99. The molecule has 0 fully saturated rings. The second-order valence-electron chi connectivity index (χ2n) is 7.56. The van der Waals surface area contributed by atoms with Gasteiger partial charge in [-0.2, -0.15) is 0 Å². The molecule has 3 rings (SSSR count). The van der Waals surface area contributed by atoms with Gasteiger partial charge in [0.15, 0.2) is 0 Å². The predicted octanol–water partition coefficient (Wildman–Crippen LogP) is 5.94. The van der Waals surface area contributed by atoms with E-state index >= 15 is 0 Å². The third-order valence-electron chi connectivity index (χ3n) is 4.37. The van der Waals surface area contributed by atoms with Crippen molar-refractivity contribution in [2.24, 2.45) is 5.92 Å². The van der Waals surface area contributed by atoms with Crippen LogP contribution in [0.2, 0.25) is 0 Å². The molecule has 0 amide bonds. The van der Waals surface area contributed by atoms with Crippen molar-refractivity contribution < 1.29 is 28.5 Å². The van der Waals surface area contributed by atoms with Gasteiger partial charge >= 0.3 is 11.9 Å². The van der Waals surface area contributed by atoms with Crippen molar-refractivity contribution in [1.29, 1.82) is 0 Å². The van der Waals surface area contributed by atoms with Gasteiger partial charge in [0, 0.05) is 0 Å². The van der Waals surface area contributed by atoms with Crippen LogP contribution in [0.15, 0.2) is 77.3 Å². The maximum atomic E-state index is 12.5. The molecule has 7 heteroatoms. The average molecular weight is 513 g/mol. The second-order valence-corrected chi connectivity index (χ2v) is 8.42. The molecule has 3 aromatic carbocycles. The van der Waals surface area contributed by atoms with Gasteiger partial charge in [0.05, 0.1) is 22.2 Å². The second kappa shape index (κ2) is 12.1. The molecular formula is C26H25BrO6. The van der Waals surface area contributed by atoms with Crippen LogP contribution >= 0.6 is 15.9 Å². The van der Waals surface area contributed by atoms with E-state index in [2.05, 4.69) is 29.8 Å². The van der Waals surface area contributed by atoms with E-state index < -0.39 is 11.9 Å². The Kier molecular flexibility index (Phi) is 8.89. The normalized spacial score (nSPS) is 10.5. The highest BCUT2D eigenvalue weighted by molar-refractivity contribution is 9.10. The Balaban J connectivity index is 1.48. The number of para-hydroxylation sites is 1. The minimum absolute atomic E-state index is 0.121. The highest BCUT2D eigenvalue weighted by Gasteiger charge is 2.13. The summed E-state index contributed by atoms with van der Waals surface area (Å²) in [5, 5.41) is 0. The van der Waals surface area contributed by atoms with Gasteiger partial charge in [-0.25, -0.2) is 9.59 Å². The number of hydrogen-bond donors (Lipinski definition) is 0. The molecule has 33 heavy (non-hydrogen) atoms. The van der Waals surface area contributed by atoms with Crippen molar-refractivity contribution >= 4 is 27.9 Å². The van der Waals surface area contributed by atoms with E-state index in [1.807, 2.05) is 30.3 Å². The van der Waals surface area contributed by atoms with Gasteiger partial charge in [-0.05, 0) is 76.4 Å². The summed E-state index contributed by atoms with van der Waals surface area (Å²) in [5.74, 6) is 1.09. The van der Waals surface area contributed by atoms with E-state index in [1.54, 1.807) is 42.5 Å². The van der Waals surface area contributed by atoms with Crippen LogP contribution in [0.4, 0.5) is 0 Å². The highest BCUT2D eigenvalue weighted by Crippen LogP contribution is 2.27. The van der Waals surface area contributed by atoms with E-state index in [9.17, 15) is 9.59 Å². The Morgan fingerprint density at radius 3 is 2.15 bits per heavy atom. The standard InChI is InChI=1S/C26H25BrO6/c1-18(2)17-32-24-13-10-20(16-23(24)27)26(29)33-22-11-8-19(9-12-22)25(28)31-15-14-30-21-6-4-3-5-7-21/h3-13,16,18H,14-15,17H2,1-2H3. The average Bonchev–Trinajstić information content (AvgIpc) is 2.82. The molecular weight excluding hydrogens is 488 g/mol. The van der Waals surface area contributed by atoms with Gasteiger partial charge in [-0.15, -0.1) is 0 Å². The predicted molar refractivity (Wildman–Crippen MR) is 128 cm³/mol. The van der Waals surface area contributed by atoms with E-state index in [-0.39, 0.29) is 13.2 Å². The summed E-state index contributed by atoms with van der Waals surface area (Å²) in [6.07, 6.45) is 0. The fourth-order valence-corrected chi connectivity index (χ4v) is 3.21. The summed E-state index contributed by atoms with van der Waals surface area (Å²) < 4.78 is 22.5. The summed E-state index contributed by atoms with van der Waals surface area (Å²) in [7, 11) is 0. The zero-order valence-corrected chi connectivity index (χ0v) is 20.0. The number of hydrogen-bond acceptors (Lipinski definition) is 6. The van der Waals surface area contributed by atoms with Gasteiger partial charge in [0.2, 0.25) is 0 Å². The molecule has 0 N–H and O–H groups in total. The molecule has 0 aliphatic carbocycles. The van der Waals surface area contributed by atoms with Crippen LogP contribution in [0.5, 0.6) is 17.2 Å². The molecule has 0 heterocycles. The maximum Gasteiger partial charge on any atom is 0.343 e. The SMILES string of the molecule is CC(C)COc1ccc(C(=O)Oc2ccc(C(=O)OCCOc3ccccc3)cc2)cc1Br. The molecule has 3 aromatic rings. The Morgan fingerprint density at radius 1 is 0.788 bits per heavy atom. The first-order chi connectivity index (χ1) is 15.9. The largest absolute Gasteiger partial charge is 0.492 e. The highest BCUT2D eigenvalue weighted by atomic mass is 79.9. The molecule has 0 aliphatic rings. The molecule has 6 nitrogen and oxygen atoms in total. The lowest BCUT2D eigenvalue weighted by Gasteiger charge is -2.11. The molecule has 172 valence electrons. The molecule has 0 aromatic heterocycles. The van der Waals surface area contributed by atoms with Crippen molar-refractivity contribution in [3.05, 3.63) is 88.4 Å². The van der Waals surface area contributed by atoms with Crippen LogP contribution < -0.4 is 14.2 Å². The van der Waals surface area contributed by atoms with Crippen LogP contribution in [0.1, 0.15) is 34.6 Å². The van der Waals surface area contributed by atoms with Crippen LogP contribution in [0, 0.1) is 5.92 Å². The van der Waals surface area contributed by atoms with E-state index in [0.29, 0.717) is 45.4 Å². The molecule has 0 spiro atoms. The summed E-state index contributed by atoms with van der Waals surface area (Å²) in [6, 6.07) is 20.5. The van der Waals surface area contributed by atoms with Gasteiger partial charge < -0.3 is 18.9 Å². The van der Waals surface area contributed by atoms with Crippen LogP contribution in [0.3, 0.4) is 0 Å². The molecule has 0 saturated carbocycles. The smallest absolute Gasteiger partial charge is 0.343 e. The van der Waals surface area contributed by atoms with Crippen molar-refractivity contribution in [3.8, 4) is 17.2 Å². The summed E-state index contributed by atoms with van der Waals surface area (Å²) in [6.45, 7) is 5.08. The van der Waals surface area contributed by atoms with E-state index in [4.69, 9.17) is 18.9 Å². The Labute approximate surface area is 201 Å². The molecule has 0 saturated heterocycles. The Morgan fingerprint density at radius 2 is 1.48 bits per heavy atom. The lowest BCUT2D eigenvalue weighted by Crippen LogP contribution is -2.12. The number of halogens is 1. The quantitative estimate of drug-likeness (QED) is 0.190. The van der Waals surface area contributed by atoms with Crippen LogP contribution in [0.25, 0.3) is 0 Å². The first-order valence-electron chi connectivity index (χ1n) is 10.5. The lowest BCUT2D eigenvalue weighted by atomic mass is 10.2. The molecule has 0 atom stereocenters. The van der Waals surface area contributed by atoms with Crippen molar-refractivity contribution in [2.75, 3.05) is 19.8 Å². The van der Waals surface area contributed by atoms with Crippen LogP contribution in [-0.2, 0) is 4.74 Å². The van der Waals surface area contributed by atoms with Gasteiger partial charge in [-0.1, -0.05) is 32.0 Å². The monoisotopic (exact) mass is 512 g/mol. The number of rotatable bonds is 10. The molecule has 0 unspecified atom stereocenters. The Hall–Kier alpha value is -3.32. The molecule has 0 aliphatic heterocycles.